The molecule has 0 aromatic carbocycles. The third-order valence-electron chi connectivity index (χ3n) is 1.79. The Morgan fingerprint density at radius 2 is 2.56 bits per heavy atom. The highest BCUT2D eigenvalue weighted by Crippen LogP contribution is 2.17. The first-order chi connectivity index (χ1) is 7.49. The smallest absolute Gasteiger partial charge is 0.294 e. The second-order valence-corrected chi connectivity index (χ2v) is 4.38. The predicted octanol–water partition coefficient (Wildman–Crippen LogP) is -0.476. The van der Waals surface area contributed by atoms with Gasteiger partial charge in [0.25, 0.3) is 10.3 Å². The van der Waals surface area contributed by atoms with Crippen LogP contribution in [0.3, 0.4) is 0 Å². The lowest BCUT2D eigenvalue weighted by molar-refractivity contribution is -0.758. The van der Waals surface area contributed by atoms with Gasteiger partial charge in [0.1, 0.15) is 11.9 Å². The van der Waals surface area contributed by atoms with Crippen LogP contribution in [-0.2, 0) is 9.63 Å². The van der Waals surface area contributed by atoms with E-state index in [1.807, 2.05) is 0 Å². The lowest BCUT2D eigenvalue weighted by Crippen LogP contribution is -2.42. The van der Waals surface area contributed by atoms with Crippen molar-refractivity contribution >= 4 is 22.9 Å². The van der Waals surface area contributed by atoms with Gasteiger partial charge in [0.2, 0.25) is 5.91 Å². The van der Waals surface area contributed by atoms with Gasteiger partial charge < -0.3 is 15.5 Å². The van der Waals surface area contributed by atoms with Crippen molar-refractivity contribution in [1.82, 2.24) is 10.6 Å². The molecule has 2 atom stereocenters. The number of nitrogens with one attached hydrogen (secondary N) is 2. The maximum absolute atomic E-state index is 11.5. The molecule has 1 heterocycles. The molecule has 1 aliphatic rings. The third-order valence-corrected chi connectivity index (χ3v) is 2.82. The van der Waals surface area contributed by atoms with E-state index in [0.717, 1.165) is 11.8 Å². The largest absolute Gasteiger partial charge is 0.351 e. The molecular weight excluding hydrogens is 238 g/mol. The highest BCUT2D eigenvalue weighted by atomic mass is 32.2. The first-order valence-electron chi connectivity index (χ1n) is 4.51. The Labute approximate surface area is 95.2 Å². The molecule has 8 nitrogen and oxygen atoms in total. The molecule has 0 aliphatic carbocycles. The van der Waals surface area contributed by atoms with Gasteiger partial charge in [0.15, 0.2) is 0 Å². The third kappa shape index (κ3) is 3.93. The van der Waals surface area contributed by atoms with Crippen LogP contribution in [0.4, 0.5) is 4.79 Å². The minimum Gasteiger partial charge on any atom is -0.351 e. The number of carbonyl (C=O) groups is 2. The molecule has 2 amide bonds. The molecule has 0 bridgehead atoms. The monoisotopic (exact) mass is 249 g/mol. The Balaban J connectivity index is 2.28. The van der Waals surface area contributed by atoms with Crippen LogP contribution in [0.25, 0.3) is 0 Å². The topological polar surface area (TPSA) is 111 Å². The molecule has 1 fully saturated rings. The van der Waals surface area contributed by atoms with Gasteiger partial charge >= 0.3 is 0 Å². The van der Waals surface area contributed by atoms with E-state index >= 15 is 0 Å². The van der Waals surface area contributed by atoms with Crippen molar-refractivity contribution < 1.29 is 19.5 Å². The maximum Gasteiger partial charge on any atom is 0.294 e. The molecule has 1 rings (SSSR count). The summed E-state index contributed by atoms with van der Waals surface area (Å²) in [6, 6.07) is -0.478. The first-order valence-corrected chi connectivity index (χ1v) is 5.39. The molecule has 16 heavy (non-hydrogen) atoms. The van der Waals surface area contributed by atoms with E-state index in [0.29, 0.717) is 0 Å². The van der Waals surface area contributed by atoms with E-state index in [2.05, 4.69) is 15.5 Å². The van der Waals surface area contributed by atoms with E-state index in [-0.39, 0.29) is 24.3 Å². The highest BCUT2D eigenvalue weighted by molar-refractivity contribution is 8.15. The van der Waals surface area contributed by atoms with Crippen molar-refractivity contribution in [2.45, 2.75) is 18.2 Å². The second kappa shape index (κ2) is 5.54. The first kappa shape index (κ1) is 12.6. The normalized spacial score (nSPS) is 21.1. The zero-order valence-corrected chi connectivity index (χ0v) is 9.28. The number of rotatable bonds is 5. The molecule has 9 heteroatoms. The Morgan fingerprint density at radius 3 is 3.06 bits per heavy atom. The lowest BCUT2D eigenvalue weighted by atomic mass is 10.3. The van der Waals surface area contributed by atoms with Crippen LogP contribution in [0, 0.1) is 10.1 Å². The van der Waals surface area contributed by atoms with Gasteiger partial charge in [-0.05, 0) is 18.7 Å². The van der Waals surface area contributed by atoms with E-state index in [1.165, 1.54) is 0 Å². The van der Waals surface area contributed by atoms with E-state index < -0.39 is 16.4 Å². The lowest BCUT2D eigenvalue weighted by Gasteiger charge is -2.14. The van der Waals surface area contributed by atoms with Gasteiger partial charge in [0.05, 0.1) is 0 Å². The van der Waals surface area contributed by atoms with Crippen LogP contribution in [0.1, 0.15) is 6.92 Å². The molecule has 0 aromatic rings. The second-order valence-electron chi connectivity index (χ2n) is 3.20. The van der Waals surface area contributed by atoms with Gasteiger partial charge in [-0.15, -0.1) is 10.1 Å². The molecule has 0 radical (unpaired) electrons. The molecule has 0 spiro atoms. The van der Waals surface area contributed by atoms with E-state index in [4.69, 9.17) is 0 Å². The summed E-state index contributed by atoms with van der Waals surface area (Å²) in [6.45, 7) is 1.64. The summed E-state index contributed by atoms with van der Waals surface area (Å²) >= 11 is 0.903. The maximum atomic E-state index is 11.5. The summed E-state index contributed by atoms with van der Waals surface area (Å²) in [4.78, 5) is 36.3. The van der Waals surface area contributed by atoms with Crippen LogP contribution < -0.4 is 10.6 Å². The fraction of sp³-hybridized carbons (Fsp3) is 0.714. The number of nitrogens with zero attached hydrogens (tertiary/aromatic N) is 1. The fourth-order valence-corrected chi connectivity index (χ4v) is 1.85. The zero-order valence-electron chi connectivity index (χ0n) is 8.47. The summed E-state index contributed by atoms with van der Waals surface area (Å²) in [5, 5.41) is 13.3. The van der Waals surface area contributed by atoms with Crippen LogP contribution in [0.2, 0.25) is 0 Å². The summed E-state index contributed by atoms with van der Waals surface area (Å²) in [5.74, 6) is -0.331. The predicted molar refractivity (Wildman–Crippen MR) is 55.3 cm³/mol. The standard InChI is InChI=1S/C7H11N3O5S/c1-4(3-15-10(13)14)9-6(11)5-2-8-7(12)16-5/h4-5H,2-3H2,1H3,(H,8,12)(H,9,11). The van der Waals surface area contributed by atoms with E-state index in [9.17, 15) is 19.7 Å². The van der Waals surface area contributed by atoms with Crippen LogP contribution in [0.15, 0.2) is 0 Å². The molecular formula is C7H11N3O5S. The Hall–Kier alpha value is -1.51. The summed E-state index contributed by atoms with van der Waals surface area (Å²) in [6.07, 6.45) is 0. The van der Waals surface area contributed by atoms with Gasteiger partial charge in [-0.25, -0.2) is 0 Å². The van der Waals surface area contributed by atoms with Crippen LogP contribution >= 0.6 is 11.8 Å². The van der Waals surface area contributed by atoms with Crippen molar-refractivity contribution in [3.8, 4) is 0 Å². The molecule has 0 saturated carbocycles. The molecule has 2 N–H and O–H groups in total. The molecule has 1 saturated heterocycles. The zero-order chi connectivity index (χ0) is 12.1. The Morgan fingerprint density at radius 1 is 1.88 bits per heavy atom. The average molecular weight is 249 g/mol. The Kier molecular flexibility index (Phi) is 4.35. The minimum atomic E-state index is -0.919. The van der Waals surface area contributed by atoms with Gasteiger partial charge in [-0.2, -0.15) is 0 Å². The SMILES string of the molecule is CC(CO[N+](=O)[O-])NC(=O)C1CNC(=O)S1. The molecule has 0 aromatic heterocycles. The number of carbonyl (C=O) groups excluding carboxylic acids is 2. The summed E-state index contributed by atoms with van der Waals surface area (Å²) in [5.41, 5.74) is 0. The van der Waals surface area contributed by atoms with Crippen LogP contribution in [0.5, 0.6) is 0 Å². The number of amides is 2. The highest BCUT2D eigenvalue weighted by Gasteiger charge is 2.29. The van der Waals surface area contributed by atoms with Gasteiger partial charge in [-0.3, -0.25) is 9.59 Å². The summed E-state index contributed by atoms with van der Waals surface area (Å²) in [7, 11) is 0. The van der Waals surface area contributed by atoms with E-state index in [1.54, 1.807) is 6.92 Å². The number of hydrogen-bond acceptors (Lipinski definition) is 6. The molecule has 1 aliphatic heterocycles. The minimum absolute atomic E-state index is 0.211. The van der Waals surface area contributed by atoms with Gasteiger partial charge in [-0.1, -0.05) is 0 Å². The van der Waals surface area contributed by atoms with Crippen molar-refractivity contribution in [3.63, 3.8) is 0 Å². The Bertz CT molecular complexity index is 310. The molecule has 90 valence electrons. The van der Waals surface area contributed by atoms with Crippen molar-refractivity contribution in [2.75, 3.05) is 13.2 Å². The average Bonchev–Trinajstić information content (AvgIpc) is 2.62. The van der Waals surface area contributed by atoms with Crippen molar-refractivity contribution in [3.05, 3.63) is 10.1 Å². The number of hydrogen-bond donors (Lipinski definition) is 2. The van der Waals surface area contributed by atoms with Crippen LogP contribution in [-0.4, -0.2) is 40.7 Å². The number of thioether (sulfide) groups is 1. The summed E-state index contributed by atoms with van der Waals surface area (Å²) < 4.78 is 0. The molecule has 2 unspecified atom stereocenters. The quantitative estimate of drug-likeness (QED) is 0.503. The van der Waals surface area contributed by atoms with Crippen molar-refractivity contribution in [2.24, 2.45) is 0 Å². The fourth-order valence-electron chi connectivity index (χ4n) is 1.08. The van der Waals surface area contributed by atoms with Gasteiger partial charge in [0, 0.05) is 12.6 Å². The van der Waals surface area contributed by atoms with Crippen molar-refractivity contribution in [1.29, 1.82) is 0 Å².